The molecule has 13 heteroatoms. The van der Waals surface area contributed by atoms with Gasteiger partial charge < -0.3 is 35.2 Å². The van der Waals surface area contributed by atoms with Crippen molar-refractivity contribution in [3.8, 4) is 0 Å². The van der Waals surface area contributed by atoms with E-state index in [4.69, 9.17) is 9.47 Å². The van der Waals surface area contributed by atoms with Gasteiger partial charge in [0, 0.05) is 6.42 Å². The molecule has 0 aromatic rings. The van der Waals surface area contributed by atoms with E-state index in [-0.39, 0.29) is 12.5 Å². The number of carbonyl (C=O) groups excluding carboxylic acids is 1. The van der Waals surface area contributed by atoms with Gasteiger partial charge in [-0.2, -0.15) is 8.42 Å². The number of unbranched alkanes of at least 4 members (excludes halogenated alkanes) is 33. The zero-order valence-corrected chi connectivity index (χ0v) is 42.4. The Morgan fingerprint density at radius 2 is 0.985 bits per heavy atom. The number of hydrogen-bond acceptors (Lipinski definition) is 10. The van der Waals surface area contributed by atoms with Crippen LogP contribution in [-0.4, -0.2) is 95.4 Å². The maximum atomic E-state index is 13.1. The number of amides is 1. The largest absolute Gasteiger partial charge is 0.397 e. The first kappa shape index (κ1) is 61.9. The van der Waals surface area contributed by atoms with Gasteiger partial charge in [-0.05, 0) is 38.5 Å². The van der Waals surface area contributed by atoms with Crippen molar-refractivity contribution in [1.29, 1.82) is 0 Å². The van der Waals surface area contributed by atoms with Gasteiger partial charge in [-0.3, -0.25) is 9.35 Å². The van der Waals surface area contributed by atoms with E-state index < -0.39 is 59.9 Å². The van der Waals surface area contributed by atoms with Gasteiger partial charge in [-0.25, -0.2) is 4.18 Å². The highest BCUT2D eigenvalue weighted by atomic mass is 32.3. The van der Waals surface area contributed by atoms with Crippen molar-refractivity contribution in [1.82, 2.24) is 5.32 Å². The maximum Gasteiger partial charge on any atom is 0.397 e. The summed E-state index contributed by atoms with van der Waals surface area (Å²) < 4.78 is 47.8. The molecule has 1 aliphatic rings. The van der Waals surface area contributed by atoms with E-state index in [0.717, 1.165) is 51.4 Å². The third-order valence-electron chi connectivity index (χ3n) is 13.1. The van der Waals surface area contributed by atoms with Crippen LogP contribution in [0.3, 0.4) is 0 Å². The fourth-order valence-corrected chi connectivity index (χ4v) is 9.38. The van der Waals surface area contributed by atoms with Gasteiger partial charge in [0.25, 0.3) is 0 Å². The lowest BCUT2D eigenvalue weighted by Crippen LogP contribution is -2.61. The Bertz CT molecular complexity index is 1210. The summed E-state index contributed by atoms with van der Waals surface area (Å²) in [5, 5.41) is 45.0. The Kier molecular flexibility index (Phi) is 40.8. The second-order valence-corrected chi connectivity index (χ2v) is 20.2. The molecular formula is C52H101NO11S. The molecule has 6 N–H and O–H groups in total. The molecule has 12 nitrogen and oxygen atoms in total. The van der Waals surface area contributed by atoms with Gasteiger partial charge in [0.05, 0.1) is 25.4 Å². The summed E-state index contributed by atoms with van der Waals surface area (Å²) in [7, 11) is -5.08. The van der Waals surface area contributed by atoms with Crippen molar-refractivity contribution in [3.63, 3.8) is 0 Å². The van der Waals surface area contributed by atoms with Crippen LogP contribution in [0.25, 0.3) is 0 Å². The number of ether oxygens (including phenoxy) is 2. The van der Waals surface area contributed by atoms with Crippen LogP contribution in [0.2, 0.25) is 0 Å². The van der Waals surface area contributed by atoms with Gasteiger partial charge in [-0.15, -0.1) is 0 Å². The Morgan fingerprint density at radius 1 is 0.600 bits per heavy atom. The minimum absolute atomic E-state index is 0.230. The molecule has 0 aromatic heterocycles. The first-order valence-electron chi connectivity index (χ1n) is 27.1. The van der Waals surface area contributed by atoms with E-state index in [1.165, 1.54) is 173 Å². The third kappa shape index (κ3) is 35.6. The van der Waals surface area contributed by atoms with Gasteiger partial charge in [-0.1, -0.05) is 225 Å². The Labute approximate surface area is 398 Å². The van der Waals surface area contributed by atoms with Crippen molar-refractivity contribution in [2.45, 2.75) is 301 Å². The number of hydrogen-bond donors (Lipinski definition) is 6. The molecule has 0 bridgehead atoms. The molecule has 0 radical (unpaired) electrons. The van der Waals surface area contributed by atoms with Crippen molar-refractivity contribution >= 4 is 16.3 Å². The molecule has 0 aliphatic carbocycles. The Hall–Kier alpha value is -1.16. The topological polar surface area (TPSA) is 192 Å². The highest BCUT2D eigenvalue weighted by molar-refractivity contribution is 7.80. The average molecular weight is 948 g/mol. The summed E-state index contributed by atoms with van der Waals surface area (Å²) in [4.78, 5) is 13.1. The molecule has 0 saturated carbocycles. The summed E-state index contributed by atoms with van der Waals surface area (Å²) in [6.07, 6.45) is 40.7. The predicted octanol–water partition coefficient (Wildman–Crippen LogP) is 11.9. The van der Waals surface area contributed by atoms with E-state index in [1.54, 1.807) is 0 Å². The van der Waals surface area contributed by atoms with Crippen LogP contribution in [0.4, 0.5) is 0 Å². The minimum Gasteiger partial charge on any atom is -0.394 e. The summed E-state index contributed by atoms with van der Waals surface area (Å²) in [6, 6.07) is -0.857. The molecule has 1 fully saturated rings. The lowest BCUT2D eigenvalue weighted by Gasteiger charge is -2.41. The van der Waals surface area contributed by atoms with E-state index in [1.807, 2.05) is 0 Å². The molecular weight excluding hydrogens is 847 g/mol. The number of rotatable bonds is 47. The molecule has 1 aliphatic heterocycles. The standard InChI is InChI=1S/C52H101NO11S/c1-3-5-7-9-11-13-15-17-19-20-21-22-23-24-25-26-27-28-30-32-34-36-38-40-42-48(56)53-45(44-62-52-50(58)51(64-65(59,60)61)49(57)47(43-54)63-52)46(55)41-39-37-35-33-31-29-18-16-14-12-10-8-6-4-2/h24-25,45-47,49-52,54-55,57-58H,3-23,26-44H2,1-2H3,(H,53,56)(H,59,60,61)/b25-24-. The Balaban J connectivity index is 2.36. The van der Waals surface area contributed by atoms with Gasteiger partial charge in [0.1, 0.15) is 24.4 Å². The van der Waals surface area contributed by atoms with Crippen LogP contribution >= 0.6 is 0 Å². The zero-order chi connectivity index (χ0) is 47.6. The molecule has 1 heterocycles. The van der Waals surface area contributed by atoms with Crippen molar-refractivity contribution in [2.75, 3.05) is 13.2 Å². The van der Waals surface area contributed by atoms with E-state index in [0.29, 0.717) is 19.3 Å². The minimum atomic E-state index is -5.08. The molecule has 0 aromatic carbocycles. The molecule has 1 saturated heterocycles. The van der Waals surface area contributed by atoms with Crippen LogP contribution in [0.1, 0.15) is 258 Å². The molecule has 7 unspecified atom stereocenters. The predicted molar refractivity (Wildman–Crippen MR) is 264 cm³/mol. The molecule has 65 heavy (non-hydrogen) atoms. The van der Waals surface area contributed by atoms with Crippen LogP contribution in [0.5, 0.6) is 0 Å². The first-order chi connectivity index (χ1) is 31.5. The molecule has 0 spiro atoms. The maximum absolute atomic E-state index is 13.1. The summed E-state index contributed by atoms with van der Waals surface area (Å²) >= 11 is 0. The van der Waals surface area contributed by atoms with E-state index >= 15 is 0 Å². The average Bonchev–Trinajstić information content (AvgIpc) is 3.28. The fourth-order valence-electron chi connectivity index (χ4n) is 8.87. The molecule has 7 atom stereocenters. The Morgan fingerprint density at radius 3 is 1.38 bits per heavy atom. The highest BCUT2D eigenvalue weighted by Crippen LogP contribution is 2.26. The monoisotopic (exact) mass is 948 g/mol. The number of carbonyl (C=O) groups is 1. The molecule has 1 amide bonds. The van der Waals surface area contributed by atoms with Crippen LogP contribution in [0.15, 0.2) is 12.2 Å². The van der Waals surface area contributed by atoms with E-state index in [2.05, 4.69) is 35.5 Å². The normalized spacial score (nSPS) is 20.1. The second-order valence-electron chi connectivity index (χ2n) is 19.2. The van der Waals surface area contributed by atoms with Crippen LogP contribution < -0.4 is 5.32 Å². The number of allylic oxidation sites excluding steroid dienone is 2. The zero-order valence-electron chi connectivity index (χ0n) is 41.6. The lowest BCUT2D eigenvalue weighted by molar-refractivity contribution is -0.298. The van der Waals surface area contributed by atoms with Crippen LogP contribution in [-0.2, 0) is 28.9 Å². The quantitative estimate of drug-likeness (QED) is 0.0193. The number of aliphatic hydroxyl groups is 4. The van der Waals surface area contributed by atoms with Gasteiger partial charge >= 0.3 is 10.4 Å². The van der Waals surface area contributed by atoms with Crippen molar-refractivity contribution in [2.24, 2.45) is 0 Å². The third-order valence-corrected chi connectivity index (χ3v) is 13.5. The number of nitrogens with one attached hydrogen (secondary N) is 1. The SMILES string of the molecule is CCCCCCCCCCCCCC/C=C\CCCCCCCCCCC(=O)NC(COC1OC(CO)C(O)C(OS(=O)(=O)O)C1O)C(O)CCCCCCCCCCCCCCCC. The smallest absolute Gasteiger partial charge is 0.394 e. The summed E-state index contributed by atoms with van der Waals surface area (Å²) in [5.41, 5.74) is 0. The van der Waals surface area contributed by atoms with Gasteiger partial charge in [0.2, 0.25) is 5.91 Å². The first-order valence-corrected chi connectivity index (χ1v) is 28.4. The summed E-state index contributed by atoms with van der Waals surface area (Å²) in [6.45, 7) is 3.47. The summed E-state index contributed by atoms with van der Waals surface area (Å²) in [5.74, 6) is -0.230. The fraction of sp³-hybridized carbons (Fsp3) is 0.942. The lowest BCUT2D eigenvalue weighted by atomic mass is 9.99. The second kappa shape index (κ2) is 42.9. The van der Waals surface area contributed by atoms with E-state index in [9.17, 15) is 38.2 Å². The molecule has 386 valence electrons. The highest BCUT2D eigenvalue weighted by Gasteiger charge is 2.48. The van der Waals surface area contributed by atoms with Gasteiger partial charge in [0.15, 0.2) is 6.29 Å². The van der Waals surface area contributed by atoms with Crippen LogP contribution in [0, 0.1) is 0 Å². The molecule has 1 rings (SSSR count). The number of aliphatic hydroxyl groups excluding tert-OH is 4. The van der Waals surface area contributed by atoms with Crippen molar-refractivity contribution < 1.29 is 51.8 Å². The van der Waals surface area contributed by atoms with Crippen molar-refractivity contribution in [3.05, 3.63) is 12.2 Å².